The van der Waals surface area contributed by atoms with Gasteiger partial charge in [-0.2, -0.15) is 0 Å². The summed E-state index contributed by atoms with van der Waals surface area (Å²) < 4.78 is 1.61. The van der Waals surface area contributed by atoms with Crippen LogP contribution in [0.5, 0.6) is 0 Å². The van der Waals surface area contributed by atoms with E-state index in [2.05, 4.69) is 15.3 Å². The number of anilines is 1. The number of fused-ring (bicyclic) bond motifs is 2. The van der Waals surface area contributed by atoms with E-state index < -0.39 is 5.25 Å². The van der Waals surface area contributed by atoms with Crippen molar-refractivity contribution in [2.45, 2.75) is 30.8 Å². The molecule has 4 aromatic rings. The standard InChI is InChI=1S/C22H20N4O2S/c1-3-26-21(28)16-8-4-5-10-19(16)25-22(26)29-14(2)20(27)24-18-12-6-11-17-15(18)9-7-13-23-17/h4-14H,3H2,1-2H3,(H,24,27). The van der Waals surface area contributed by atoms with E-state index in [9.17, 15) is 9.59 Å². The fourth-order valence-electron chi connectivity index (χ4n) is 3.17. The highest BCUT2D eigenvalue weighted by atomic mass is 32.2. The van der Waals surface area contributed by atoms with Gasteiger partial charge in [-0.15, -0.1) is 0 Å². The number of carbonyl (C=O) groups is 1. The van der Waals surface area contributed by atoms with Crippen LogP contribution in [0.15, 0.2) is 70.7 Å². The number of thioether (sulfide) groups is 1. The number of rotatable bonds is 5. The molecule has 0 radical (unpaired) electrons. The van der Waals surface area contributed by atoms with Crippen LogP contribution in [0.4, 0.5) is 5.69 Å². The van der Waals surface area contributed by atoms with E-state index in [4.69, 9.17) is 0 Å². The second-order valence-electron chi connectivity index (χ2n) is 6.59. The first-order valence-electron chi connectivity index (χ1n) is 9.39. The van der Waals surface area contributed by atoms with Gasteiger partial charge in [0.1, 0.15) is 0 Å². The van der Waals surface area contributed by atoms with Crippen molar-refractivity contribution in [3.8, 4) is 0 Å². The summed E-state index contributed by atoms with van der Waals surface area (Å²) in [6, 6.07) is 16.7. The Morgan fingerprint density at radius 2 is 1.83 bits per heavy atom. The summed E-state index contributed by atoms with van der Waals surface area (Å²) >= 11 is 1.28. The maximum absolute atomic E-state index is 12.8. The number of nitrogens with zero attached hydrogens (tertiary/aromatic N) is 3. The molecule has 0 saturated heterocycles. The van der Waals surface area contributed by atoms with Gasteiger partial charge in [-0.05, 0) is 50.2 Å². The van der Waals surface area contributed by atoms with Crippen LogP contribution in [-0.2, 0) is 11.3 Å². The first-order valence-corrected chi connectivity index (χ1v) is 10.3. The predicted octanol–water partition coefficient (Wildman–Crippen LogP) is 4.08. The number of benzene rings is 2. The zero-order valence-electron chi connectivity index (χ0n) is 16.1. The van der Waals surface area contributed by atoms with Crippen molar-refractivity contribution >= 4 is 45.2 Å². The number of nitrogens with one attached hydrogen (secondary N) is 1. The molecule has 6 nitrogen and oxygen atoms in total. The predicted molar refractivity (Wildman–Crippen MR) is 117 cm³/mol. The van der Waals surface area contributed by atoms with Crippen LogP contribution in [0.3, 0.4) is 0 Å². The topological polar surface area (TPSA) is 76.9 Å². The van der Waals surface area contributed by atoms with Gasteiger partial charge in [-0.3, -0.25) is 19.1 Å². The SMILES string of the molecule is CCn1c(SC(C)C(=O)Nc2cccc3ncccc23)nc2ccccc2c1=O. The van der Waals surface area contributed by atoms with Crippen molar-refractivity contribution in [3.05, 3.63) is 71.1 Å². The lowest BCUT2D eigenvalue weighted by Crippen LogP contribution is -2.26. The highest BCUT2D eigenvalue weighted by Crippen LogP contribution is 2.26. The summed E-state index contributed by atoms with van der Waals surface area (Å²) in [4.78, 5) is 34.6. The molecular weight excluding hydrogens is 384 g/mol. The molecule has 0 aliphatic rings. The maximum atomic E-state index is 12.8. The molecule has 29 heavy (non-hydrogen) atoms. The van der Waals surface area contributed by atoms with Crippen LogP contribution < -0.4 is 10.9 Å². The largest absolute Gasteiger partial charge is 0.324 e. The van der Waals surface area contributed by atoms with Crippen LogP contribution in [-0.4, -0.2) is 25.7 Å². The summed E-state index contributed by atoms with van der Waals surface area (Å²) in [5.74, 6) is -0.156. The number of carbonyl (C=O) groups excluding carboxylic acids is 1. The van der Waals surface area contributed by atoms with E-state index in [0.717, 1.165) is 10.9 Å². The Morgan fingerprint density at radius 3 is 2.66 bits per heavy atom. The summed E-state index contributed by atoms with van der Waals surface area (Å²) in [7, 11) is 0. The fraction of sp³-hybridized carbons (Fsp3) is 0.182. The minimum Gasteiger partial charge on any atom is -0.324 e. The molecule has 0 aliphatic heterocycles. The molecule has 2 heterocycles. The molecule has 1 atom stereocenters. The molecule has 1 amide bonds. The van der Waals surface area contributed by atoms with Crippen molar-refractivity contribution in [2.75, 3.05) is 5.32 Å². The molecule has 7 heteroatoms. The van der Waals surface area contributed by atoms with E-state index in [1.165, 1.54) is 11.8 Å². The van der Waals surface area contributed by atoms with Crippen LogP contribution in [0.2, 0.25) is 0 Å². The van der Waals surface area contributed by atoms with Crippen molar-refractivity contribution in [3.63, 3.8) is 0 Å². The van der Waals surface area contributed by atoms with E-state index in [-0.39, 0.29) is 11.5 Å². The summed E-state index contributed by atoms with van der Waals surface area (Å²) in [6.45, 7) is 4.20. The third-order valence-corrected chi connectivity index (χ3v) is 5.79. The second kappa shape index (κ2) is 8.05. The first-order chi connectivity index (χ1) is 14.1. The molecule has 0 aliphatic carbocycles. The molecule has 4 rings (SSSR count). The average molecular weight is 404 g/mol. The quantitative estimate of drug-likeness (QED) is 0.401. The molecular formula is C22H20N4O2S. The smallest absolute Gasteiger partial charge is 0.262 e. The van der Waals surface area contributed by atoms with E-state index >= 15 is 0 Å². The van der Waals surface area contributed by atoms with Gasteiger partial charge in [0.2, 0.25) is 5.91 Å². The Labute approximate surface area is 172 Å². The zero-order chi connectivity index (χ0) is 20.4. The molecule has 0 fully saturated rings. The Hall–Kier alpha value is -3.19. The zero-order valence-corrected chi connectivity index (χ0v) is 16.9. The van der Waals surface area contributed by atoms with Crippen LogP contribution >= 0.6 is 11.8 Å². The summed E-state index contributed by atoms with van der Waals surface area (Å²) in [6.07, 6.45) is 1.72. The Morgan fingerprint density at radius 1 is 1.07 bits per heavy atom. The second-order valence-corrected chi connectivity index (χ2v) is 7.89. The van der Waals surface area contributed by atoms with Gasteiger partial charge in [0.15, 0.2) is 5.16 Å². The van der Waals surface area contributed by atoms with E-state index in [1.807, 2.05) is 62.4 Å². The number of hydrogen-bond acceptors (Lipinski definition) is 5. The van der Waals surface area contributed by atoms with Crippen molar-refractivity contribution in [2.24, 2.45) is 0 Å². The number of amides is 1. The van der Waals surface area contributed by atoms with Crippen molar-refractivity contribution in [1.82, 2.24) is 14.5 Å². The van der Waals surface area contributed by atoms with Gasteiger partial charge in [0.05, 0.1) is 27.4 Å². The summed E-state index contributed by atoms with van der Waals surface area (Å²) in [5, 5.41) is 4.55. The molecule has 2 aromatic carbocycles. The van der Waals surface area contributed by atoms with Crippen molar-refractivity contribution < 1.29 is 4.79 Å². The van der Waals surface area contributed by atoms with E-state index in [1.54, 1.807) is 16.8 Å². The lowest BCUT2D eigenvalue weighted by Gasteiger charge is -2.16. The molecule has 1 unspecified atom stereocenters. The van der Waals surface area contributed by atoms with Crippen LogP contribution in [0.1, 0.15) is 13.8 Å². The maximum Gasteiger partial charge on any atom is 0.262 e. The minimum absolute atomic E-state index is 0.0895. The molecule has 1 N–H and O–H groups in total. The Kier molecular flexibility index (Phi) is 5.31. The third-order valence-electron chi connectivity index (χ3n) is 4.70. The number of para-hydroxylation sites is 1. The Bertz CT molecular complexity index is 1260. The summed E-state index contributed by atoms with van der Waals surface area (Å²) in [5.41, 5.74) is 2.08. The fourth-order valence-corrected chi connectivity index (χ4v) is 4.15. The van der Waals surface area contributed by atoms with Crippen LogP contribution in [0.25, 0.3) is 21.8 Å². The number of hydrogen-bond donors (Lipinski definition) is 1. The lowest BCUT2D eigenvalue weighted by atomic mass is 10.2. The molecule has 0 spiro atoms. The number of pyridine rings is 1. The minimum atomic E-state index is -0.437. The Balaban J connectivity index is 1.61. The third kappa shape index (κ3) is 3.73. The monoisotopic (exact) mass is 404 g/mol. The molecule has 0 saturated carbocycles. The van der Waals surface area contributed by atoms with Gasteiger partial charge in [-0.1, -0.05) is 30.0 Å². The normalized spacial score (nSPS) is 12.2. The van der Waals surface area contributed by atoms with Gasteiger partial charge in [0.25, 0.3) is 5.56 Å². The first kappa shape index (κ1) is 19.1. The number of aromatic nitrogens is 3. The highest BCUT2D eigenvalue weighted by molar-refractivity contribution is 8.00. The van der Waals surface area contributed by atoms with Gasteiger partial charge >= 0.3 is 0 Å². The van der Waals surface area contributed by atoms with E-state index in [0.29, 0.717) is 28.3 Å². The lowest BCUT2D eigenvalue weighted by molar-refractivity contribution is -0.115. The molecule has 2 aromatic heterocycles. The molecule has 146 valence electrons. The molecule has 0 bridgehead atoms. The van der Waals surface area contributed by atoms with Crippen molar-refractivity contribution in [1.29, 1.82) is 0 Å². The highest BCUT2D eigenvalue weighted by Gasteiger charge is 2.19. The van der Waals surface area contributed by atoms with Crippen LogP contribution in [0, 0.1) is 0 Å². The van der Waals surface area contributed by atoms with Gasteiger partial charge in [0, 0.05) is 18.1 Å². The average Bonchev–Trinajstić information content (AvgIpc) is 2.74. The van der Waals surface area contributed by atoms with Gasteiger partial charge in [-0.25, -0.2) is 4.98 Å². The van der Waals surface area contributed by atoms with Gasteiger partial charge < -0.3 is 5.32 Å².